The molecule has 14 heavy (non-hydrogen) atoms. The molecule has 0 radical (unpaired) electrons. The Hall–Kier alpha value is -1.46. The van der Waals surface area contributed by atoms with E-state index in [9.17, 15) is 0 Å². The zero-order valence-electron chi connectivity index (χ0n) is 7.88. The molecule has 1 aromatic carbocycles. The van der Waals surface area contributed by atoms with Gasteiger partial charge in [-0.15, -0.1) is 0 Å². The van der Waals surface area contributed by atoms with Gasteiger partial charge in [0, 0.05) is 5.02 Å². The van der Waals surface area contributed by atoms with Crippen LogP contribution in [0.15, 0.2) is 30.4 Å². The first-order valence-electron chi connectivity index (χ1n) is 4.10. The smallest absolute Gasteiger partial charge is 0.123 e. The summed E-state index contributed by atoms with van der Waals surface area (Å²) < 4.78 is 5.36. The number of nitriles is 1. The molecule has 0 saturated heterocycles. The van der Waals surface area contributed by atoms with Crippen LogP contribution < -0.4 is 4.74 Å². The van der Waals surface area contributed by atoms with Crippen molar-refractivity contribution in [1.29, 1.82) is 5.26 Å². The largest absolute Gasteiger partial charge is 0.488 e. The van der Waals surface area contributed by atoms with E-state index >= 15 is 0 Å². The third-order valence-corrected chi connectivity index (χ3v) is 1.93. The molecule has 0 heterocycles. The van der Waals surface area contributed by atoms with Crippen LogP contribution in [0.3, 0.4) is 0 Å². The number of aryl methyl sites for hydroxylation is 1. The summed E-state index contributed by atoms with van der Waals surface area (Å²) >= 11 is 5.78. The van der Waals surface area contributed by atoms with Crippen LogP contribution >= 0.6 is 11.6 Å². The second-order valence-corrected chi connectivity index (χ2v) is 3.35. The van der Waals surface area contributed by atoms with E-state index in [2.05, 4.69) is 6.58 Å². The highest BCUT2D eigenvalue weighted by Crippen LogP contribution is 2.21. The van der Waals surface area contributed by atoms with Gasteiger partial charge in [-0.2, -0.15) is 5.26 Å². The number of hydrogen-bond donors (Lipinski definition) is 0. The predicted molar refractivity (Wildman–Crippen MR) is 56.4 cm³/mol. The van der Waals surface area contributed by atoms with Crippen LogP contribution in [-0.2, 0) is 0 Å². The van der Waals surface area contributed by atoms with Crippen LogP contribution in [0.1, 0.15) is 5.56 Å². The first-order chi connectivity index (χ1) is 6.63. The zero-order chi connectivity index (χ0) is 10.6. The third-order valence-electron chi connectivity index (χ3n) is 1.70. The fraction of sp³-hybridized carbons (Fsp3) is 0.182. The Kier molecular flexibility index (Phi) is 3.55. The quantitative estimate of drug-likeness (QED) is 0.714. The Morgan fingerprint density at radius 1 is 1.64 bits per heavy atom. The molecule has 0 aromatic heterocycles. The maximum absolute atomic E-state index is 8.48. The van der Waals surface area contributed by atoms with Crippen molar-refractivity contribution in [2.45, 2.75) is 6.92 Å². The van der Waals surface area contributed by atoms with Gasteiger partial charge in [0.2, 0.25) is 0 Å². The van der Waals surface area contributed by atoms with Crippen molar-refractivity contribution in [2.75, 3.05) is 6.61 Å². The van der Waals surface area contributed by atoms with Crippen molar-refractivity contribution < 1.29 is 4.74 Å². The number of nitrogens with zero attached hydrogens (tertiary/aromatic N) is 1. The van der Waals surface area contributed by atoms with Crippen molar-refractivity contribution in [1.82, 2.24) is 0 Å². The maximum atomic E-state index is 8.48. The van der Waals surface area contributed by atoms with Crippen LogP contribution in [0.25, 0.3) is 0 Å². The summed E-state index contributed by atoms with van der Waals surface area (Å²) in [5, 5.41) is 9.15. The number of ether oxygens (including phenoxy) is 1. The van der Waals surface area contributed by atoms with Gasteiger partial charge in [0.15, 0.2) is 0 Å². The zero-order valence-corrected chi connectivity index (χ0v) is 8.64. The van der Waals surface area contributed by atoms with Crippen LogP contribution in [0.4, 0.5) is 0 Å². The van der Waals surface area contributed by atoms with Gasteiger partial charge in [-0.05, 0) is 30.7 Å². The van der Waals surface area contributed by atoms with Crippen molar-refractivity contribution in [3.63, 3.8) is 0 Å². The van der Waals surface area contributed by atoms with E-state index in [1.54, 1.807) is 12.1 Å². The van der Waals surface area contributed by atoms with Crippen molar-refractivity contribution >= 4 is 11.6 Å². The molecule has 2 nitrogen and oxygen atoms in total. The van der Waals surface area contributed by atoms with Gasteiger partial charge < -0.3 is 4.74 Å². The van der Waals surface area contributed by atoms with Crippen LogP contribution in [-0.4, -0.2) is 6.61 Å². The van der Waals surface area contributed by atoms with Gasteiger partial charge in [0.05, 0.1) is 11.6 Å². The molecule has 72 valence electrons. The molecule has 0 aliphatic heterocycles. The van der Waals surface area contributed by atoms with Gasteiger partial charge in [0.25, 0.3) is 0 Å². The van der Waals surface area contributed by atoms with E-state index < -0.39 is 0 Å². The summed E-state index contributed by atoms with van der Waals surface area (Å²) in [5.74, 6) is 0.728. The summed E-state index contributed by atoms with van der Waals surface area (Å²) in [6, 6.07) is 7.26. The molecule has 0 aliphatic rings. The number of rotatable bonds is 3. The van der Waals surface area contributed by atoms with Crippen LogP contribution in [0, 0.1) is 18.3 Å². The molecule has 0 amide bonds. The lowest BCUT2D eigenvalue weighted by atomic mass is 10.2. The highest BCUT2D eigenvalue weighted by Gasteiger charge is 2.00. The highest BCUT2D eigenvalue weighted by atomic mass is 35.5. The van der Waals surface area contributed by atoms with E-state index in [-0.39, 0.29) is 6.61 Å². The molecule has 0 N–H and O–H groups in total. The topological polar surface area (TPSA) is 33.0 Å². The van der Waals surface area contributed by atoms with E-state index in [1.165, 1.54) is 0 Å². The Balaban J connectivity index is 2.69. The van der Waals surface area contributed by atoms with E-state index in [0.29, 0.717) is 10.6 Å². The molecule has 0 saturated carbocycles. The molecular weight excluding hydrogens is 198 g/mol. The molecule has 0 unspecified atom stereocenters. The summed E-state index contributed by atoms with van der Waals surface area (Å²) in [5.41, 5.74) is 1.35. The first-order valence-corrected chi connectivity index (χ1v) is 4.48. The number of benzene rings is 1. The minimum absolute atomic E-state index is 0.221. The molecule has 0 aliphatic carbocycles. The fourth-order valence-corrected chi connectivity index (χ4v) is 1.20. The first kappa shape index (κ1) is 10.6. The Morgan fingerprint density at radius 2 is 2.36 bits per heavy atom. The van der Waals surface area contributed by atoms with Crippen molar-refractivity contribution in [3.05, 3.63) is 40.9 Å². The summed E-state index contributed by atoms with van der Waals surface area (Å²) in [6.07, 6.45) is 0. The Bertz CT molecular complexity index is 393. The third kappa shape index (κ3) is 2.79. The highest BCUT2D eigenvalue weighted by molar-refractivity contribution is 6.30. The fourth-order valence-electron chi connectivity index (χ4n) is 0.972. The Morgan fingerprint density at radius 3 is 2.93 bits per heavy atom. The second kappa shape index (κ2) is 4.69. The minimum atomic E-state index is 0.221. The van der Waals surface area contributed by atoms with Gasteiger partial charge in [-0.25, -0.2) is 0 Å². The predicted octanol–water partition coefficient (Wildman–Crippen LogP) is 3.11. The average Bonchev–Trinajstić information content (AvgIpc) is 2.16. The van der Waals surface area contributed by atoms with E-state index in [1.807, 2.05) is 19.1 Å². The summed E-state index contributed by atoms with van der Waals surface area (Å²) in [4.78, 5) is 0. The summed E-state index contributed by atoms with van der Waals surface area (Å²) in [7, 11) is 0. The molecule has 1 rings (SSSR count). The second-order valence-electron chi connectivity index (χ2n) is 2.91. The van der Waals surface area contributed by atoms with Gasteiger partial charge in [-0.3, -0.25) is 0 Å². The maximum Gasteiger partial charge on any atom is 0.123 e. The van der Waals surface area contributed by atoms with Crippen molar-refractivity contribution in [2.24, 2.45) is 0 Å². The van der Waals surface area contributed by atoms with Crippen LogP contribution in [0.5, 0.6) is 5.75 Å². The Labute approximate surface area is 88.4 Å². The van der Waals surface area contributed by atoms with Crippen LogP contribution in [0.2, 0.25) is 5.02 Å². The van der Waals surface area contributed by atoms with Gasteiger partial charge in [-0.1, -0.05) is 18.2 Å². The normalized spacial score (nSPS) is 9.21. The van der Waals surface area contributed by atoms with Gasteiger partial charge >= 0.3 is 0 Å². The SMILES string of the molecule is C=C(C#N)COc1ccc(Cl)cc1C. The lowest BCUT2D eigenvalue weighted by molar-refractivity contribution is 0.354. The van der Waals surface area contributed by atoms with Crippen molar-refractivity contribution in [3.8, 4) is 11.8 Å². The monoisotopic (exact) mass is 207 g/mol. The lowest BCUT2D eigenvalue weighted by Gasteiger charge is -2.07. The molecule has 1 aromatic rings. The molecule has 0 atom stereocenters. The molecule has 0 fully saturated rings. The van der Waals surface area contributed by atoms with Gasteiger partial charge in [0.1, 0.15) is 12.4 Å². The lowest BCUT2D eigenvalue weighted by Crippen LogP contribution is -1.99. The molecular formula is C11H10ClNO. The summed E-state index contributed by atoms with van der Waals surface area (Å²) in [6.45, 7) is 5.64. The number of halogens is 1. The number of hydrogen-bond acceptors (Lipinski definition) is 2. The molecule has 0 spiro atoms. The average molecular weight is 208 g/mol. The van der Waals surface area contributed by atoms with E-state index in [0.717, 1.165) is 11.3 Å². The standard InChI is InChI=1S/C11H10ClNO/c1-8(6-13)7-14-11-4-3-10(12)5-9(11)2/h3-5H,1,7H2,2H3. The molecule has 3 heteroatoms. The van der Waals surface area contributed by atoms with E-state index in [4.69, 9.17) is 21.6 Å². The molecule has 0 bridgehead atoms. The minimum Gasteiger partial charge on any atom is -0.488 e.